The standard InChI is InChI=1S/C13H16BrF2NO/c1-2-9-5-8(3-4-18-9)17-13-7-11(15)10(14)6-12(13)16/h6-9,17H,2-5H2,1H3. The van der Waals surface area contributed by atoms with Gasteiger partial charge in [0.2, 0.25) is 0 Å². The highest BCUT2D eigenvalue weighted by Gasteiger charge is 2.22. The quantitative estimate of drug-likeness (QED) is 0.847. The molecular weight excluding hydrogens is 304 g/mol. The highest BCUT2D eigenvalue weighted by Crippen LogP contribution is 2.26. The van der Waals surface area contributed by atoms with Gasteiger partial charge in [0.1, 0.15) is 11.6 Å². The Morgan fingerprint density at radius 3 is 2.89 bits per heavy atom. The van der Waals surface area contributed by atoms with Crippen LogP contribution in [0.1, 0.15) is 26.2 Å². The summed E-state index contributed by atoms with van der Waals surface area (Å²) in [6, 6.07) is 2.48. The van der Waals surface area contributed by atoms with Crippen LogP contribution < -0.4 is 5.32 Å². The fourth-order valence-corrected chi connectivity index (χ4v) is 2.46. The Morgan fingerprint density at radius 1 is 1.39 bits per heavy atom. The molecule has 0 aliphatic carbocycles. The minimum Gasteiger partial charge on any atom is -0.380 e. The molecule has 18 heavy (non-hydrogen) atoms. The van der Waals surface area contributed by atoms with E-state index in [4.69, 9.17) is 4.74 Å². The summed E-state index contributed by atoms with van der Waals surface area (Å²) in [7, 11) is 0. The number of benzene rings is 1. The zero-order valence-corrected chi connectivity index (χ0v) is 11.8. The van der Waals surface area contributed by atoms with Crippen LogP contribution in [0.3, 0.4) is 0 Å². The van der Waals surface area contributed by atoms with Gasteiger partial charge in [0, 0.05) is 18.7 Å². The molecule has 0 spiro atoms. The summed E-state index contributed by atoms with van der Waals surface area (Å²) in [6.07, 6.45) is 2.79. The van der Waals surface area contributed by atoms with Crippen molar-refractivity contribution in [3.63, 3.8) is 0 Å². The van der Waals surface area contributed by atoms with Crippen LogP contribution in [0.5, 0.6) is 0 Å². The van der Waals surface area contributed by atoms with Gasteiger partial charge in [0.05, 0.1) is 16.3 Å². The Morgan fingerprint density at radius 2 is 2.17 bits per heavy atom. The third-order valence-corrected chi connectivity index (χ3v) is 3.80. The molecule has 1 aromatic carbocycles. The number of halogens is 3. The van der Waals surface area contributed by atoms with Crippen molar-refractivity contribution < 1.29 is 13.5 Å². The van der Waals surface area contributed by atoms with Crippen LogP contribution in [0, 0.1) is 11.6 Å². The molecule has 1 fully saturated rings. The van der Waals surface area contributed by atoms with Crippen LogP contribution in [0.25, 0.3) is 0 Å². The SMILES string of the molecule is CCC1CC(Nc2cc(F)c(Br)cc2F)CCO1. The molecule has 1 N–H and O–H groups in total. The van der Waals surface area contributed by atoms with Crippen molar-refractivity contribution in [2.75, 3.05) is 11.9 Å². The number of hydrogen-bond donors (Lipinski definition) is 1. The zero-order chi connectivity index (χ0) is 13.1. The van der Waals surface area contributed by atoms with Crippen LogP contribution in [0.15, 0.2) is 16.6 Å². The maximum Gasteiger partial charge on any atom is 0.147 e. The molecule has 0 radical (unpaired) electrons. The average molecular weight is 320 g/mol. The van der Waals surface area contributed by atoms with Gasteiger partial charge in [-0.3, -0.25) is 0 Å². The molecule has 1 heterocycles. The van der Waals surface area contributed by atoms with E-state index in [0.29, 0.717) is 6.61 Å². The smallest absolute Gasteiger partial charge is 0.147 e. The van der Waals surface area contributed by atoms with Gasteiger partial charge in [-0.15, -0.1) is 0 Å². The highest BCUT2D eigenvalue weighted by molar-refractivity contribution is 9.10. The lowest BCUT2D eigenvalue weighted by atomic mass is 10.0. The Labute approximate surface area is 114 Å². The van der Waals surface area contributed by atoms with Gasteiger partial charge in [-0.1, -0.05) is 6.92 Å². The van der Waals surface area contributed by atoms with E-state index in [9.17, 15) is 8.78 Å². The normalized spacial score (nSPS) is 24.0. The Balaban J connectivity index is 2.07. The van der Waals surface area contributed by atoms with Gasteiger partial charge in [0.15, 0.2) is 0 Å². The van der Waals surface area contributed by atoms with Crippen molar-refractivity contribution in [3.05, 3.63) is 28.2 Å². The summed E-state index contributed by atoms with van der Waals surface area (Å²) in [4.78, 5) is 0. The number of rotatable bonds is 3. The Hall–Kier alpha value is -0.680. The van der Waals surface area contributed by atoms with Gasteiger partial charge in [-0.05, 0) is 41.3 Å². The maximum absolute atomic E-state index is 13.7. The van der Waals surface area contributed by atoms with Crippen LogP contribution in [0.2, 0.25) is 0 Å². The second-order valence-electron chi connectivity index (χ2n) is 4.51. The number of anilines is 1. The Kier molecular flexibility index (Phi) is 4.56. The predicted octanol–water partition coefficient (Wildman–Crippen LogP) is 4.10. The number of ether oxygens (including phenoxy) is 1. The van der Waals surface area contributed by atoms with E-state index in [-0.39, 0.29) is 22.3 Å². The first-order valence-corrected chi connectivity index (χ1v) is 6.92. The number of hydrogen-bond acceptors (Lipinski definition) is 2. The highest BCUT2D eigenvalue weighted by atomic mass is 79.9. The molecule has 2 nitrogen and oxygen atoms in total. The van der Waals surface area contributed by atoms with Crippen LogP contribution >= 0.6 is 15.9 Å². The largest absolute Gasteiger partial charge is 0.380 e. The van der Waals surface area contributed by atoms with Crippen LogP contribution in [-0.4, -0.2) is 18.8 Å². The lowest BCUT2D eigenvalue weighted by Crippen LogP contribution is -2.33. The lowest BCUT2D eigenvalue weighted by molar-refractivity contribution is 0.00921. The van der Waals surface area contributed by atoms with E-state index >= 15 is 0 Å². The molecule has 0 aromatic heterocycles. The van der Waals surface area contributed by atoms with Gasteiger partial charge >= 0.3 is 0 Å². The maximum atomic E-state index is 13.7. The minimum atomic E-state index is -0.460. The molecule has 100 valence electrons. The summed E-state index contributed by atoms with van der Waals surface area (Å²) >= 11 is 2.96. The van der Waals surface area contributed by atoms with Crippen molar-refractivity contribution in [2.45, 2.75) is 38.3 Å². The lowest BCUT2D eigenvalue weighted by Gasteiger charge is -2.30. The van der Waals surface area contributed by atoms with Crippen LogP contribution in [0.4, 0.5) is 14.5 Å². The fourth-order valence-electron chi connectivity index (χ4n) is 2.15. The van der Waals surface area contributed by atoms with E-state index in [0.717, 1.165) is 25.3 Å². The van der Waals surface area contributed by atoms with Gasteiger partial charge in [-0.2, -0.15) is 0 Å². The molecule has 1 aliphatic heterocycles. The second kappa shape index (κ2) is 5.97. The van der Waals surface area contributed by atoms with E-state index < -0.39 is 11.6 Å². The van der Waals surface area contributed by atoms with E-state index in [1.807, 2.05) is 0 Å². The molecule has 0 bridgehead atoms. The summed E-state index contributed by atoms with van der Waals surface area (Å²) < 4.78 is 32.7. The summed E-state index contributed by atoms with van der Waals surface area (Å²) in [6.45, 7) is 2.73. The minimum absolute atomic E-state index is 0.138. The van der Waals surface area contributed by atoms with Gasteiger partial charge in [0.25, 0.3) is 0 Å². The summed E-state index contributed by atoms with van der Waals surface area (Å²) in [5, 5.41) is 3.07. The summed E-state index contributed by atoms with van der Waals surface area (Å²) in [5.74, 6) is -0.902. The molecule has 1 aromatic rings. The Bertz CT molecular complexity index is 428. The summed E-state index contributed by atoms with van der Waals surface area (Å²) in [5.41, 5.74) is 0.220. The molecule has 2 rings (SSSR count). The van der Waals surface area contributed by atoms with Gasteiger partial charge in [-0.25, -0.2) is 8.78 Å². The first-order chi connectivity index (χ1) is 8.60. The average Bonchev–Trinajstić information content (AvgIpc) is 2.36. The molecule has 1 saturated heterocycles. The van der Waals surface area contributed by atoms with E-state index in [2.05, 4.69) is 28.2 Å². The molecule has 2 unspecified atom stereocenters. The second-order valence-corrected chi connectivity index (χ2v) is 5.37. The third-order valence-electron chi connectivity index (χ3n) is 3.19. The third kappa shape index (κ3) is 3.20. The van der Waals surface area contributed by atoms with Crippen LogP contribution in [-0.2, 0) is 4.74 Å². The van der Waals surface area contributed by atoms with Crippen molar-refractivity contribution >= 4 is 21.6 Å². The molecule has 0 saturated carbocycles. The molecule has 0 amide bonds. The van der Waals surface area contributed by atoms with Crippen molar-refractivity contribution in [1.82, 2.24) is 0 Å². The van der Waals surface area contributed by atoms with E-state index in [1.54, 1.807) is 0 Å². The van der Waals surface area contributed by atoms with Crippen molar-refractivity contribution in [2.24, 2.45) is 0 Å². The molecule has 5 heteroatoms. The first-order valence-electron chi connectivity index (χ1n) is 6.12. The van der Waals surface area contributed by atoms with Crippen molar-refractivity contribution in [3.8, 4) is 0 Å². The molecule has 2 atom stereocenters. The molecule has 1 aliphatic rings. The topological polar surface area (TPSA) is 21.3 Å². The first kappa shape index (κ1) is 13.7. The zero-order valence-electron chi connectivity index (χ0n) is 10.2. The fraction of sp³-hybridized carbons (Fsp3) is 0.538. The van der Waals surface area contributed by atoms with Gasteiger partial charge < -0.3 is 10.1 Å². The monoisotopic (exact) mass is 319 g/mol. The molecular formula is C13H16BrF2NO. The number of nitrogens with one attached hydrogen (secondary N) is 1. The van der Waals surface area contributed by atoms with E-state index in [1.165, 1.54) is 6.07 Å². The predicted molar refractivity (Wildman–Crippen MR) is 70.7 cm³/mol. The van der Waals surface area contributed by atoms with Crippen molar-refractivity contribution in [1.29, 1.82) is 0 Å².